The van der Waals surface area contributed by atoms with Crippen molar-refractivity contribution in [2.75, 3.05) is 4.90 Å². The number of anilines is 3. The summed E-state index contributed by atoms with van der Waals surface area (Å²) in [6, 6.07) is 80.7. The number of hydrogen-bond acceptors (Lipinski definition) is 1. The molecule has 0 aliphatic rings. The van der Waals surface area contributed by atoms with Crippen LogP contribution in [0.3, 0.4) is 0 Å². The maximum absolute atomic E-state index is 2.34. The highest BCUT2D eigenvalue weighted by molar-refractivity contribution is 5.99. The average molecular weight is 676 g/mol. The van der Waals surface area contributed by atoms with Gasteiger partial charge in [0.2, 0.25) is 0 Å². The summed E-state index contributed by atoms with van der Waals surface area (Å²) in [5.74, 6) is 0. The van der Waals surface area contributed by atoms with E-state index in [0.29, 0.717) is 0 Å². The van der Waals surface area contributed by atoms with E-state index in [-0.39, 0.29) is 0 Å². The van der Waals surface area contributed by atoms with Gasteiger partial charge in [-0.3, -0.25) is 0 Å². The summed E-state index contributed by atoms with van der Waals surface area (Å²) in [5.41, 5.74) is 15.4. The van der Waals surface area contributed by atoms with Crippen molar-refractivity contribution in [2.24, 2.45) is 0 Å². The van der Waals surface area contributed by atoms with E-state index in [1.54, 1.807) is 0 Å². The molecule has 0 aromatic heterocycles. The van der Waals surface area contributed by atoms with Crippen LogP contribution in [0.15, 0.2) is 224 Å². The quantitative estimate of drug-likeness (QED) is 0.155. The molecule has 1 nitrogen and oxygen atoms in total. The van der Waals surface area contributed by atoms with Gasteiger partial charge in [0, 0.05) is 17.1 Å². The Kier molecular flexibility index (Phi) is 8.66. The van der Waals surface area contributed by atoms with Crippen LogP contribution < -0.4 is 4.90 Å². The molecule has 0 bridgehead atoms. The van der Waals surface area contributed by atoms with Crippen molar-refractivity contribution in [3.8, 4) is 55.6 Å². The Hall–Kier alpha value is -6.96. The molecule has 250 valence electrons. The van der Waals surface area contributed by atoms with E-state index in [9.17, 15) is 0 Å². The van der Waals surface area contributed by atoms with E-state index in [4.69, 9.17) is 0 Å². The Morgan fingerprint density at radius 2 is 0.566 bits per heavy atom. The molecule has 0 N–H and O–H groups in total. The maximum atomic E-state index is 2.34. The highest BCUT2D eigenvalue weighted by Gasteiger charge is 2.14. The average Bonchev–Trinajstić information content (AvgIpc) is 3.25. The zero-order valence-corrected chi connectivity index (χ0v) is 29.3. The van der Waals surface area contributed by atoms with Gasteiger partial charge in [0.05, 0.1) is 0 Å². The van der Waals surface area contributed by atoms with Crippen molar-refractivity contribution < 1.29 is 0 Å². The SMILES string of the molecule is c1ccc(-c2ccc(-c3cccc4ccc(-c5ccc(N(c6ccc(-c7ccccc7)cc6)c6ccc(-c7ccccc7)cc6)cc5)cc34)cc2)cc1. The molecule has 0 atom stereocenters. The molecule has 0 fully saturated rings. The zero-order chi connectivity index (χ0) is 35.4. The van der Waals surface area contributed by atoms with Gasteiger partial charge in [-0.25, -0.2) is 0 Å². The van der Waals surface area contributed by atoms with Crippen molar-refractivity contribution in [3.63, 3.8) is 0 Å². The summed E-state index contributed by atoms with van der Waals surface area (Å²) in [4.78, 5) is 2.34. The molecule has 0 aliphatic heterocycles. The Labute approximate surface area is 311 Å². The minimum atomic E-state index is 1.11. The topological polar surface area (TPSA) is 3.24 Å². The highest BCUT2D eigenvalue weighted by atomic mass is 15.1. The minimum Gasteiger partial charge on any atom is -0.311 e. The van der Waals surface area contributed by atoms with E-state index >= 15 is 0 Å². The molecule has 9 aromatic carbocycles. The van der Waals surface area contributed by atoms with Crippen molar-refractivity contribution >= 4 is 27.8 Å². The first-order valence-electron chi connectivity index (χ1n) is 18.2. The van der Waals surface area contributed by atoms with Crippen molar-refractivity contribution in [2.45, 2.75) is 0 Å². The lowest BCUT2D eigenvalue weighted by Crippen LogP contribution is -2.09. The summed E-state index contributed by atoms with van der Waals surface area (Å²) in [6.45, 7) is 0. The van der Waals surface area contributed by atoms with Gasteiger partial charge >= 0.3 is 0 Å². The number of rotatable bonds is 8. The van der Waals surface area contributed by atoms with Crippen molar-refractivity contribution in [3.05, 3.63) is 224 Å². The molecule has 0 spiro atoms. The summed E-state index contributed by atoms with van der Waals surface area (Å²) < 4.78 is 0. The van der Waals surface area contributed by atoms with Gasteiger partial charge in [-0.1, -0.05) is 182 Å². The normalized spacial score (nSPS) is 11.0. The third kappa shape index (κ3) is 6.65. The fourth-order valence-electron chi connectivity index (χ4n) is 7.29. The number of fused-ring (bicyclic) bond motifs is 1. The molecule has 0 saturated carbocycles. The zero-order valence-electron chi connectivity index (χ0n) is 29.3. The van der Waals surface area contributed by atoms with Crippen LogP contribution in [0.2, 0.25) is 0 Å². The molecular weight excluding hydrogens is 639 g/mol. The molecule has 0 unspecified atom stereocenters. The molecule has 0 saturated heterocycles. The Balaban J connectivity index is 1.06. The lowest BCUT2D eigenvalue weighted by Gasteiger charge is -2.26. The summed E-state index contributed by atoms with van der Waals surface area (Å²) in [5, 5.41) is 2.49. The molecular formula is C52H37N. The standard InChI is InChI=1S/C52H37N/c1-4-11-38(12-5-1)41-19-21-46(22-20-41)51-18-10-17-45-23-24-47(37-52(45)51)44-29-35-50(36-30-44)53(48-31-25-42(26-32-48)39-13-6-2-7-14-39)49-33-27-43(28-34-49)40-15-8-3-9-16-40/h1-37H. The van der Waals surface area contributed by atoms with Crippen molar-refractivity contribution in [1.29, 1.82) is 0 Å². The van der Waals surface area contributed by atoms with E-state index in [2.05, 4.69) is 229 Å². The molecule has 9 rings (SSSR count). The predicted octanol–water partition coefficient (Wildman–Crippen LogP) is 14.6. The van der Waals surface area contributed by atoms with Crippen molar-refractivity contribution in [1.82, 2.24) is 0 Å². The largest absolute Gasteiger partial charge is 0.311 e. The summed E-state index contributed by atoms with van der Waals surface area (Å²) >= 11 is 0. The van der Waals surface area contributed by atoms with E-state index < -0.39 is 0 Å². The first kappa shape index (κ1) is 32.0. The molecule has 0 heterocycles. The van der Waals surface area contributed by atoms with Crippen LogP contribution in [0.5, 0.6) is 0 Å². The molecule has 0 amide bonds. The second kappa shape index (κ2) is 14.3. The molecule has 1 heteroatoms. The fraction of sp³-hybridized carbons (Fsp3) is 0. The predicted molar refractivity (Wildman–Crippen MR) is 226 cm³/mol. The Morgan fingerprint density at radius 3 is 1.00 bits per heavy atom. The smallest absolute Gasteiger partial charge is 0.0462 e. The van der Waals surface area contributed by atoms with Gasteiger partial charge in [-0.2, -0.15) is 0 Å². The molecule has 9 aromatic rings. The van der Waals surface area contributed by atoms with Gasteiger partial charge in [0.1, 0.15) is 0 Å². The lowest BCUT2D eigenvalue weighted by atomic mass is 9.93. The molecule has 0 radical (unpaired) electrons. The molecule has 0 aliphatic carbocycles. The van der Waals surface area contributed by atoms with Gasteiger partial charge in [-0.05, 0) is 109 Å². The van der Waals surface area contributed by atoms with Gasteiger partial charge in [-0.15, -0.1) is 0 Å². The lowest BCUT2D eigenvalue weighted by molar-refractivity contribution is 1.28. The van der Waals surface area contributed by atoms with Crippen LogP contribution in [0.4, 0.5) is 17.1 Å². The monoisotopic (exact) mass is 675 g/mol. The van der Waals surface area contributed by atoms with Gasteiger partial charge in [0.15, 0.2) is 0 Å². The van der Waals surface area contributed by atoms with Crippen LogP contribution in [-0.4, -0.2) is 0 Å². The maximum Gasteiger partial charge on any atom is 0.0462 e. The van der Waals surface area contributed by atoms with Gasteiger partial charge < -0.3 is 4.90 Å². The highest BCUT2D eigenvalue weighted by Crippen LogP contribution is 2.39. The first-order chi connectivity index (χ1) is 26.3. The second-order valence-electron chi connectivity index (χ2n) is 13.4. The summed E-state index contributed by atoms with van der Waals surface area (Å²) in [6.07, 6.45) is 0. The second-order valence-corrected chi connectivity index (χ2v) is 13.4. The van der Waals surface area contributed by atoms with E-state index in [1.807, 2.05) is 0 Å². The van der Waals surface area contributed by atoms with Crippen LogP contribution >= 0.6 is 0 Å². The number of benzene rings is 9. The third-order valence-corrected chi connectivity index (χ3v) is 10.1. The van der Waals surface area contributed by atoms with Crippen LogP contribution in [0.1, 0.15) is 0 Å². The third-order valence-electron chi connectivity index (χ3n) is 10.1. The Bertz CT molecular complexity index is 2510. The summed E-state index contributed by atoms with van der Waals surface area (Å²) in [7, 11) is 0. The Morgan fingerprint density at radius 1 is 0.226 bits per heavy atom. The fourth-order valence-corrected chi connectivity index (χ4v) is 7.29. The number of nitrogens with zero attached hydrogens (tertiary/aromatic N) is 1. The minimum absolute atomic E-state index is 1.11. The van der Waals surface area contributed by atoms with Crippen LogP contribution in [0, 0.1) is 0 Å². The van der Waals surface area contributed by atoms with E-state index in [0.717, 1.165) is 17.1 Å². The number of hydrogen-bond donors (Lipinski definition) is 0. The van der Waals surface area contributed by atoms with Crippen LogP contribution in [0.25, 0.3) is 66.4 Å². The van der Waals surface area contributed by atoms with E-state index in [1.165, 1.54) is 66.4 Å². The van der Waals surface area contributed by atoms with Crippen LogP contribution in [-0.2, 0) is 0 Å². The molecule has 53 heavy (non-hydrogen) atoms. The first-order valence-corrected chi connectivity index (χ1v) is 18.2. The van der Waals surface area contributed by atoms with Gasteiger partial charge in [0.25, 0.3) is 0 Å².